The Morgan fingerprint density at radius 1 is 0.917 bits per heavy atom. The van der Waals surface area contributed by atoms with E-state index >= 15 is 0 Å². The van der Waals surface area contributed by atoms with E-state index in [9.17, 15) is 5.11 Å². The van der Waals surface area contributed by atoms with Crippen molar-refractivity contribution in [2.75, 3.05) is 6.54 Å². The number of nitrogens with two attached hydrogens (primary N) is 1. The summed E-state index contributed by atoms with van der Waals surface area (Å²) < 4.78 is 5.83. The zero-order chi connectivity index (χ0) is 26.9. The zero-order valence-electron chi connectivity index (χ0n) is 23.6. The van der Waals surface area contributed by atoms with E-state index in [0.29, 0.717) is 11.6 Å². The molecule has 0 bridgehead atoms. The lowest BCUT2D eigenvalue weighted by Gasteiger charge is -2.27. The Balaban J connectivity index is 0.000000572. The predicted octanol–water partition coefficient (Wildman–Crippen LogP) is 8.77. The van der Waals surface area contributed by atoms with Gasteiger partial charge in [-0.3, -0.25) is 0 Å². The summed E-state index contributed by atoms with van der Waals surface area (Å²) in [6.45, 7) is 17.8. The van der Waals surface area contributed by atoms with E-state index in [1.54, 1.807) is 18.0 Å². The summed E-state index contributed by atoms with van der Waals surface area (Å²) in [6, 6.07) is 12.5. The number of aryl methyl sites for hydroxylation is 1. The van der Waals surface area contributed by atoms with Gasteiger partial charge in [0, 0.05) is 27.3 Å². The van der Waals surface area contributed by atoms with Gasteiger partial charge in [-0.1, -0.05) is 85.4 Å². The number of nitrogens with zero attached hydrogens (tertiary/aromatic N) is 1. The number of thioether (sulfide) groups is 1. The van der Waals surface area contributed by atoms with Crippen LogP contribution < -0.4 is 5.73 Å². The Labute approximate surface area is 223 Å². The minimum atomic E-state index is -0.184. The number of benzene rings is 2. The van der Waals surface area contributed by atoms with Crippen molar-refractivity contribution in [3.63, 3.8) is 0 Å². The lowest BCUT2D eigenvalue weighted by Crippen LogP contribution is -2.17. The molecule has 0 aliphatic heterocycles. The van der Waals surface area contributed by atoms with Gasteiger partial charge >= 0.3 is 0 Å². The molecule has 36 heavy (non-hydrogen) atoms. The van der Waals surface area contributed by atoms with E-state index in [2.05, 4.69) is 79.7 Å². The zero-order valence-corrected chi connectivity index (χ0v) is 24.4. The van der Waals surface area contributed by atoms with Crippen LogP contribution in [-0.2, 0) is 16.6 Å². The SMILES string of the molecule is CCCCCCN.Cc1ccc(SCc2coc(-c3cc(C(C)(C)C)c(O)c(C(C)(C)C)c3)n2)cc1. The average Bonchev–Trinajstić information content (AvgIpc) is 3.27. The summed E-state index contributed by atoms with van der Waals surface area (Å²) in [5.74, 6) is 1.72. The van der Waals surface area contributed by atoms with Gasteiger partial charge in [0.05, 0.1) is 5.69 Å². The maximum atomic E-state index is 10.9. The molecule has 0 aliphatic rings. The second kappa shape index (κ2) is 13.3. The Hall–Kier alpha value is -2.24. The Morgan fingerprint density at radius 3 is 2.00 bits per heavy atom. The number of unbranched alkanes of at least 4 members (excludes halogenated alkanes) is 3. The Kier molecular flexibility index (Phi) is 11.1. The van der Waals surface area contributed by atoms with Crippen LogP contribution in [0, 0.1) is 6.92 Å². The molecule has 5 heteroatoms. The van der Waals surface area contributed by atoms with Gasteiger partial charge in [-0.2, -0.15) is 0 Å². The number of hydrogen-bond donors (Lipinski definition) is 2. The standard InChI is InChI=1S/C25H31NO2S.C6H15N/c1-16-8-10-19(11-9-16)29-15-18-14-28-23(26-18)17-12-20(24(2,3)4)22(27)21(13-17)25(5,6)7;1-2-3-4-5-6-7/h8-14,27H,15H2,1-7H3;2-7H2,1H3. The van der Waals surface area contributed by atoms with Crippen LogP contribution in [-0.4, -0.2) is 16.6 Å². The third-order valence-corrected chi connectivity index (χ3v) is 7.04. The minimum Gasteiger partial charge on any atom is -0.507 e. The second-order valence-corrected chi connectivity index (χ2v) is 12.6. The van der Waals surface area contributed by atoms with Crippen molar-refractivity contribution in [3.05, 3.63) is 65.0 Å². The first-order valence-corrected chi connectivity index (χ1v) is 14.1. The summed E-state index contributed by atoms with van der Waals surface area (Å²) in [7, 11) is 0. The molecule has 0 fully saturated rings. The molecule has 1 heterocycles. The number of rotatable bonds is 8. The van der Waals surface area contributed by atoms with Gasteiger partial charge in [-0.25, -0.2) is 4.98 Å². The first kappa shape index (κ1) is 30.0. The summed E-state index contributed by atoms with van der Waals surface area (Å²) in [4.78, 5) is 5.94. The topological polar surface area (TPSA) is 72.3 Å². The van der Waals surface area contributed by atoms with Gasteiger partial charge in [-0.05, 0) is 55.0 Å². The molecule has 198 valence electrons. The smallest absolute Gasteiger partial charge is 0.226 e. The van der Waals surface area contributed by atoms with Crippen molar-refractivity contribution in [3.8, 4) is 17.2 Å². The predicted molar refractivity (Wildman–Crippen MR) is 155 cm³/mol. The van der Waals surface area contributed by atoms with E-state index in [0.717, 1.165) is 34.7 Å². The molecule has 4 nitrogen and oxygen atoms in total. The molecule has 0 unspecified atom stereocenters. The van der Waals surface area contributed by atoms with Gasteiger partial charge in [0.15, 0.2) is 0 Å². The van der Waals surface area contributed by atoms with E-state index in [4.69, 9.17) is 15.1 Å². The molecule has 0 amide bonds. The van der Waals surface area contributed by atoms with E-state index in [1.807, 2.05) is 12.1 Å². The highest BCUT2D eigenvalue weighted by Crippen LogP contribution is 2.42. The minimum absolute atomic E-state index is 0.184. The van der Waals surface area contributed by atoms with Gasteiger partial charge in [-0.15, -0.1) is 11.8 Å². The van der Waals surface area contributed by atoms with Gasteiger partial charge in [0.1, 0.15) is 12.0 Å². The quantitative estimate of drug-likeness (QED) is 0.234. The molecule has 0 saturated carbocycles. The van der Waals surface area contributed by atoms with Crippen LogP contribution in [0.1, 0.15) is 96.5 Å². The number of aromatic nitrogens is 1. The molecule has 0 aliphatic carbocycles. The van der Waals surface area contributed by atoms with E-state index < -0.39 is 0 Å². The monoisotopic (exact) mass is 510 g/mol. The van der Waals surface area contributed by atoms with Crippen molar-refractivity contribution in [2.45, 2.75) is 103 Å². The molecule has 0 radical (unpaired) electrons. The number of aromatic hydroxyl groups is 1. The van der Waals surface area contributed by atoms with Crippen molar-refractivity contribution in [2.24, 2.45) is 5.73 Å². The van der Waals surface area contributed by atoms with Crippen molar-refractivity contribution in [1.29, 1.82) is 0 Å². The Morgan fingerprint density at radius 2 is 1.50 bits per heavy atom. The van der Waals surface area contributed by atoms with Crippen molar-refractivity contribution < 1.29 is 9.52 Å². The van der Waals surface area contributed by atoms with Crippen LogP contribution in [0.5, 0.6) is 5.75 Å². The average molecular weight is 511 g/mol. The maximum absolute atomic E-state index is 10.9. The second-order valence-electron chi connectivity index (χ2n) is 11.5. The van der Waals surface area contributed by atoms with Crippen LogP contribution in [0.3, 0.4) is 0 Å². The number of phenols is 1. The molecule has 2 aromatic carbocycles. The van der Waals surface area contributed by atoms with Gasteiger partial charge in [0.25, 0.3) is 0 Å². The fourth-order valence-electron chi connectivity index (χ4n) is 3.77. The highest BCUT2D eigenvalue weighted by Gasteiger charge is 2.27. The molecule has 0 spiro atoms. The molecule has 0 atom stereocenters. The van der Waals surface area contributed by atoms with Crippen LogP contribution in [0.25, 0.3) is 11.5 Å². The van der Waals surface area contributed by atoms with E-state index in [-0.39, 0.29) is 10.8 Å². The van der Waals surface area contributed by atoms with E-state index in [1.165, 1.54) is 36.1 Å². The largest absolute Gasteiger partial charge is 0.507 e. The highest BCUT2D eigenvalue weighted by atomic mass is 32.2. The van der Waals surface area contributed by atoms with Gasteiger partial charge < -0.3 is 15.3 Å². The lowest BCUT2D eigenvalue weighted by molar-refractivity contribution is 0.423. The molecule has 0 saturated heterocycles. The molecule has 1 aromatic heterocycles. The summed E-state index contributed by atoms with van der Waals surface area (Å²) in [6.07, 6.45) is 6.90. The van der Waals surface area contributed by atoms with Crippen LogP contribution in [0.4, 0.5) is 0 Å². The van der Waals surface area contributed by atoms with Crippen LogP contribution >= 0.6 is 11.8 Å². The molecular formula is C31H46N2O2S. The van der Waals surface area contributed by atoms with Crippen molar-refractivity contribution in [1.82, 2.24) is 4.98 Å². The Bertz CT molecular complexity index is 1030. The highest BCUT2D eigenvalue weighted by molar-refractivity contribution is 7.98. The molecular weight excluding hydrogens is 464 g/mol. The normalized spacial score (nSPS) is 11.8. The summed E-state index contributed by atoms with van der Waals surface area (Å²) in [5, 5.41) is 10.9. The summed E-state index contributed by atoms with van der Waals surface area (Å²) in [5.41, 5.74) is 9.80. The van der Waals surface area contributed by atoms with Crippen LogP contribution in [0.15, 0.2) is 52.0 Å². The summed E-state index contributed by atoms with van der Waals surface area (Å²) >= 11 is 1.75. The first-order valence-electron chi connectivity index (χ1n) is 13.1. The van der Waals surface area contributed by atoms with Crippen LogP contribution in [0.2, 0.25) is 0 Å². The fraction of sp³-hybridized carbons (Fsp3) is 0.516. The fourth-order valence-corrected chi connectivity index (χ4v) is 4.55. The van der Waals surface area contributed by atoms with Gasteiger partial charge in [0.2, 0.25) is 5.89 Å². The number of phenolic OH excluding ortho intramolecular Hbond substituents is 1. The molecule has 3 rings (SSSR count). The maximum Gasteiger partial charge on any atom is 0.226 e. The lowest BCUT2D eigenvalue weighted by atomic mass is 9.78. The molecule has 3 aromatic rings. The molecule has 3 N–H and O–H groups in total. The number of oxazole rings is 1. The first-order chi connectivity index (χ1) is 16.9. The van der Waals surface area contributed by atoms with Crippen molar-refractivity contribution >= 4 is 11.8 Å². The third-order valence-electron chi connectivity index (χ3n) is 5.99. The number of hydrogen-bond acceptors (Lipinski definition) is 5. The third kappa shape index (κ3) is 9.01.